The number of amides is 1. The van der Waals surface area contributed by atoms with Gasteiger partial charge in [0.1, 0.15) is 11.8 Å². The quantitative estimate of drug-likeness (QED) is 0.855. The van der Waals surface area contributed by atoms with Crippen LogP contribution in [0.4, 0.5) is 0 Å². The van der Waals surface area contributed by atoms with Gasteiger partial charge in [-0.1, -0.05) is 6.07 Å². The Bertz CT molecular complexity index is 684. The summed E-state index contributed by atoms with van der Waals surface area (Å²) < 4.78 is 12.0. The molecule has 0 saturated carbocycles. The Labute approximate surface area is 144 Å². The minimum atomic E-state index is -0.168. The molecule has 0 N–H and O–H groups in total. The zero-order valence-electron chi connectivity index (χ0n) is 13.3. The van der Waals surface area contributed by atoms with E-state index >= 15 is 0 Å². The van der Waals surface area contributed by atoms with E-state index in [9.17, 15) is 4.79 Å². The Morgan fingerprint density at radius 1 is 1.33 bits per heavy atom. The van der Waals surface area contributed by atoms with E-state index in [4.69, 9.17) is 9.47 Å². The number of thiazole rings is 1. The van der Waals surface area contributed by atoms with Gasteiger partial charge < -0.3 is 14.4 Å². The monoisotopic (exact) mass is 345 g/mol. The molecule has 4 rings (SSSR count). The van der Waals surface area contributed by atoms with Gasteiger partial charge in [-0.15, -0.1) is 11.3 Å². The van der Waals surface area contributed by atoms with Gasteiger partial charge in [0.05, 0.1) is 17.7 Å². The summed E-state index contributed by atoms with van der Waals surface area (Å²) >= 11 is 1.45. The number of rotatable bonds is 3. The van der Waals surface area contributed by atoms with Crippen molar-refractivity contribution in [1.82, 2.24) is 14.9 Å². The number of carbonyl (C=O) groups excluding carboxylic acids is 1. The fraction of sp³-hybridized carbons (Fsp3) is 0.471. The van der Waals surface area contributed by atoms with Crippen LogP contribution in [0, 0.1) is 0 Å². The molecule has 2 aromatic heterocycles. The van der Waals surface area contributed by atoms with Crippen molar-refractivity contribution in [3.8, 4) is 5.88 Å². The Morgan fingerprint density at radius 3 is 2.92 bits per heavy atom. The lowest BCUT2D eigenvalue weighted by atomic mass is 9.88. The first kappa shape index (κ1) is 15.5. The number of aromatic nitrogens is 2. The molecule has 1 unspecified atom stereocenters. The number of piperidine rings is 1. The first-order chi connectivity index (χ1) is 11.7. The molecular formula is C17H19N3O3S. The summed E-state index contributed by atoms with van der Waals surface area (Å²) in [5, 5.41) is 1.80. The highest BCUT2D eigenvalue weighted by Crippen LogP contribution is 2.37. The van der Waals surface area contributed by atoms with Gasteiger partial charge in [-0.25, -0.2) is 9.97 Å². The normalized spacial score (nSPS) is 22.7. The van der Waals surface area contributed by atoms with Crippen LogP contribution < -0.4 is 4.74 Å². The molecule has 1 spiro atoms. The minimum absolute atomic E-state index is 0.0189. The molecule has 126 valence electrons. The number of hydrogen-bond acceptors (Lipinski definition) is 6. The molecule has 0 aromatic carbocycles. The number of ether oxygens (including phenoxy) is 2. The van der Waals surface area contributed by atoms with Gasteiger partial charge in [0, 0.05) is 37.2 Å². The van der Waals surface area contributed by atoms with Gasteiger partial charge in [-0.05, 0) is 18.9 Å². The van der Waals surface area contributed by atoms with Crippen molar-refractivity contribution in [3.63, 3.8) is 0 Å². The lowest BCUT2D eigenvalue weighted by Gasteiger charge is -2.38. The second kappa shape index (κ2) is 6.49. The molecule has 1 amide bonds. The third-order valence-corrected chi connectivity index (χ3v) is 5.30. The van der Waals surface area contributed by atoms with Gasteiger partial charge in [0.2, 0.25) is 5.88 Å². The van der Waals surface area contributed by atoms with E-state index in [0.717, 1.165) is 19.3 Å². The number of hydrogen-bond donors (Lipinski definition) is 0. The summed E-state index contributed by atoms with van der Waals surface area (Å²) in [6.45, 7) is 1.98. The van der Waals surface area contributed by atoms with E-state index in [1.54, 1.807) is 17.1 Å². The van der Waals surface area contributed by atoms with E-state index in [2.05, 4.69) is 9.97 Å². The summed E-state index contributed by atoms with van der Waals surface area (Å²) in [5.41, 5.74) is 2.07. The largest absolute Gasteiger partial charge is 0.472 e. The Morgan fingerprint density at radius 2 is 2.21 bits per heavy atom. The molecule has 24 heavy (non-hydrogen) atoms. The van der Waals surface area contributed by atoms with Crippen molar-refractivity contribution in [2.24, 2.45) is 0 Å². The topological polar surface area (TPSA) is 64.6 Å². The number of nitrogens with zero attached hydrogens (tertiary/aromatic N) is 3. The van der Waals surface area contributed by atoms with Crippen LogP contribution in [0.3, 0.4) is 0 Å². The van der Waals surface area contributed by atoms with Crippen molar-refractivity contribution in [1.29, 1.82) is 0 Å². The molecule has 2 aromatic rings. The maximum atomic E-state index is 12.4. The van der Waals surface area contributed by atoms with Crippen LogP contribution in [0.2, 0.25) is 0 Å². The molecule has 2 fully saturated rings. The second-order valence-electron chi connectivity index (χ2n) is 6.27. The summed E-state index contributed by atoms with van der Waals surface area (Å²) in [6, 6.07) is 5.64. The van der Waals surface area contributed by atoms with Crippen molar-refractivity contribution >= 4 is 17.2 Å². The van der Waals surface area contributed by atoms with Gasteiger partial charge in [0.15, 0.2) is 0 Å². The van der Waals surface area contributed by atoms with E-state index in [1.165, 1.54) is 11.3 Å². The van der Waals surface area contributed by atoms with Crippen LogP contribution in [-0.2, 0) is 4.74 Å². The SMILES string of the molecule is O=C(c1cscn1)N1CCC2(CC1)CC(Oc1ccccn1)CO2. The highest BCUT2D eigenvalue weighted by atomic mass is 32.1. The average molecular weight is 345 g/mol. The summed E-state index contributed by atoms with van der Waals surface area (Å²) in [5.74, 6) is 0.657. The molecule has 2 aliphatic heterocycles. The first-order valence-electron chi connectivity index (χ1n) is 8.13. The van der Waals surface area contributed by atoms with E-state index in [0.29, 0.717) is 31.3 Å². The number of carbonyl (C=O) groups is 1. The molecular weight excluding hydrogens is 326 g/mol. The zero-order valence-corrected chi connectivity index (χ0v) is 14.1. The summed E-state index contributed by atoms with van der Waals surface area (Å²) in [7, 11) is 0. The maximum absolute atomic E-state index is 12.4. The van der Waals surface area contributed by atoms with Crippen molar-refractivity contribution < 1.29 is 14.3 Å². The zero-order chi connectivity index (χ0) is 16.4. The summed E-state index contributed by atoms with van der Waals surface area (Å²) in [6.07, 6.45) is 4.28. The van der Waals surface area contributed by atoms with Crippen molar-refractivity contribution in [2.75, 3.05) is 19.7 Å². The molecule has 7 heteroatoms. The number of likely N-dealkylation sites (tertiary alicyclic amines) is 1. The molecule has 0 aliphatic carbocycles. The molecule has 4 heterocycles. The third kappa shape index (κ3) is 3.14. The Balaban J connectivity index is 1.33. The van der Waals surface area contributed by atoms with Crippen molar-refractivity contribution in [3.05, 3.63) is 41.0 Å². The standard InChI is InChI=1S/C17H19N3O3S/c21-16(14-11-24-12-19-14)20-7-4-17(5-8-20)9-13(10-22-17)23-15-3-1-2-6-18-15/h1-3,6,11-13H,4-5,7-10H2. The molecule has 6 nitrogen and oxygen atoms in total. The van der Waals surface area contributed by atoms with Crippen molar-refractivity contribution in [2.45, 2.75) is 31.0 Å². The third-order valence-electron chi connectivity index (χ3n) is 4.71. The average Bonchev–Trinajstić information content (AvgIpc) is 3.27. The highest BCUT2D eigenvalue weighted by Gasteiger charge is 2.44. The van der Waals surface area contributed by atoms with E-state index in [-0.39, 0.29) is 17.6 Å². The predicted octanol–water partition coefficient (Wildman–Crippen LogP) is 2.38. The van der Waals surface area contributed by atoms with Gasteiger partial charge in [0.25, 0.3) is 5.91 Å². The highest BCUT2D eigenvalue weighted by molar-refractivity contribution is 7.07. The lowest BCUT2D eigenvalue weighted by Crippen LogP contribution is -2.46. The van der Waals surface area contributed by atoms with Crippen LogP contribution >= 0.6 is 11.3 Å². The second-order valence-corrected chi connectivity index (χ2v) is 6.99. The Kier molecular flexibility index (Phi) is 4.20. The van der Waals surface area contributed by atoms with Gasteiger partial charge >= 0.3 is 0 Å². The van der Waals surface area contributed by atoms with Crippen LogP contribution in [0.5, 0.6) is 5.88 Å². The smallest absolute Gasteiger partial charge is 0.273 e. The van der Waals surface area contributed by atoms with E-state index < -0.39 is 0 Å². The molecule has 2 saturated heterocycles. The van der Waals surface area contributed by atoms with Crippen LogP contribution in [-0.4, -0.2) is 52.2 Å². The fourth-order valence-corrected chi connectivity index (χ4v) is 3.94. The fourth-order valence-electron chi connectivity index (χ4n) is 3.41. The van der Waals surface area contributed by atoms with Crippen LogP contribution in [0.1, 0.15) is 29.8 Å². The number of pyridine rings is 1. The minimum Gasteiger partial charge on any atom is -0.472 e. The van der Waals surface area contributed by atoms with E-state index in [1.807, 2.05) is 23.1 Å². The maximum Gasteiger partial charge on any atom is 0.273 e. The Hall–Kier alpha value is -1.99. The van der Waals surface area contributed by atoms with Gasteiger partial charge in [-0.3, -0.25) is 4.79 Å². The summed E-state index contributed by atoms with van der Waals surface area (Å²) in [4.78, 5) is 22.5. The van der Waals surface area contributed by atoms with Crippen LogP contribution in [0.15, 0.2) is 35.3 Å². The molecule has 0 bridgehead atoms. The first-order valence-corrected chi connectivity index (χ1v) is 9.08. The van der Waals surface area contributed by atoms with Crippen LogP contribution in [0.25, 0.3) is 0 Å². The predicted molar refractivity (Wildman–Crippen MR) is 89.2 cm³/mol. The molecule has 0 radical (unpaired) electrons. The van der Waals surface area contributed by atoms with Gasteiger partial charge in [-0.2, -0.15) is 0 Å². The lowest BCUT2D eigenvalue weighted by molar-refractivity contribution is -0.0396. The molecule has 1 atom stereocenters. The molecule has 2 aliphatic rings.